The van der Waals surface area contributed by atoms with E-state index in [4.69, 9.17) is 0 Å². The molecule has 0 spiro atoms. The average Bonchev–Trinajstić information content (AvgIpc) is 2.82. The van der Waals surface area contributed by atoms with E-state index in [9.17, 15) is 10.2 Å². The Balaban J connectivity index is 2.12. The Hall–Kier alpha value is -3.20. The predicted octanol–water partition coefficient (Wildman–Crippen LogP) is 6.09. The van der Waals surface area contributed by atoms with Crippen LogP contribution >= 0.6 is 0 Å². The molecule has 0 aliphatic heterocycles. The number of aryl methyl sites for hydroxylation is 4. The lowest BCUT2D eigenvalue weighted by Gasteiger charge is -2.45. The van der Waals surface area contributed by atoms with Gasteiger partial charge in [-0.2, -0.15) is 0 Å². The highest BCUT2D eigenvalue weighted by molar-refractivity contribution is 5.52. The van der Waals surface area contributed by atoms with Gasteiger partial charge < -0.3 is 10.2 Å². The molecule has 2 N–H and O–H groups in total. The Morgan fingerprint density at radius 2 is 0.750 bits per heavy atom. The Labute approximate surface area is 190 Å². The van der Waals surface area contributed by atoms with E-state index in [1.165, 1.54) is 0 Å². The van der Waals surface area contributed by atoms with Gasteiger partial charge in [-0.15, -0.1) is 0 Å². The van der Waals surface area contributed by atoms with Gasteiger partial charge in [-0.3, -0.25) is 0 Å². The maximum atomic E-state index is 12.7. The molecule has 0 amide bonds. The van der Waals surface area contributed by atoms with Crippen LogP contribution in [-0.4, -0.2) is 10.2 Å². The zero-order chi connectivity index (χ0) is 22.9. The zero-order valence-corrected chi connectivity index (χ0v) is 19.1. The Bertz CT molecular complexity index is 1130. The van der Waals surface area contributed by atoms with E-state index in [1.54, 1.807) is 0 Å². The molecule has 162 valence electrons. The maximum absolute atomic E-state index is 12.7. The van der Waals surface area contributed by atoms with Crippen LogP contribution in [0.5, 0.6) is 0 Å². The van der Waals surface area contributed by atoms with Gasteiger partial charge >= 0.3 is 0 Å². The van der Waals surface area contributed by atoms with Crippen molar-refractivity contribution in [3.05, 3.63) is 142 Å². The first-order valence-electron chi connectivity index (χ1n) is 11.0. The molecule has 4 aromatic carbocycles. The standard InChI is InChI=1S/C30H30O2/c1-21-15-17-27(19-23(21)3)29(31,25-11-7-5-8-12-25)30(32,26-13-9-6-10-14-26)28-18-16-22(2)24(4)20-28/h5-20,31-32H,1-4H3. The lowest BCUT2D eigenvalue weighted by molar-refractivity contribution is -0.113. The van der Waals surface area contributed by atoms with Crippen LogP contribution in [-0.2, 0) is 11.2 Å². The lowest BCUT2D eigenvalue weighted by Crippen LogP contribution is -2.51. The molecule has 2 unspecified atom stereocenters. The fourth-order valence-electron chi connectivity index (χ4n) is 4.46. The second-order valence-corrected chi connectivity index (χ2v) is 8.75. The minimum atomic E-state index is -1.73. The van der Waals surface area contributed by atoms with E-state index in [0.29, 0.717) is 22.3 Å². The van der Waals surface area contributed by atoms with Gasteiger partial charge in [0.05, 0.1) is 0 Å². The molecule has 2 atom stereocenters. The molecule has 0 saturated carbocycles. The molecular formula is C30H30O2. The lowest BCUT2D eigenvalue weighted by atomic mass is 9.66. The van der Waals surface area contributed by atoms with Crippen LogP contribution in [0.25, 0.3) is 0 Å². The van der Waals surface area contributed by atoms with Crippen molar-refractivity contribution in [2.75, 3.05) is 0 Å². The summed E-state index contributed by atoms with van der Waals surface area (Å²) in [6.45, 7) is 8.16. The zero-order valence-electron chi connectivity index (χ0n) is 19.1. The molecule has 0 aromatic heterocycles. The van der Waals surface area contributed by atoms with Crippen LogP contribution in [0.4, 0.5) is 0 Å². The van der Waals surface area contributed by atoms with Crippen LogP contribution in [0.1, 0.15) is 44.5 Å². The third-order valence-electron chi connectivity index (χ3n) is 6.76. The van der Waals surface area contributed by atoms with Gasteiger partial charge in [-0.05, 0) is 72.2 Å². The summed E-state index contributed by atoms with van der Waals surface area (Å²) in [6.07, 6.45) is 0. The van der Waals surface area contributed by atoms with Gasteiger partial charge in [0.1, 0.15) is 0 Å². The van der Waals surface area contributed by atoms with Crippen LogP contribution in [0.3, 0.4) is 0 Å². The van der Waals surface area contributed by atoms with Gasteiger partial charge in [0, 0.05) is 0 Å². The Morgan fingerprint density at radius 1 is 0.406 bits per heavy atom. The van der Waals surface area contributed by atoms with E-state index in [0.717, 1.165) is 22.3 Å². The highest BCUT2D eigenvalue weighted by atomic mass is 16.4. The summed E-state index contributed by atoms with van der Waals surface area (Å²) in [6, 6.07) is 30.8. The van der Waals surface area contributed by atoms with Gasteiger partial charge in [0.25, 0.3) is 0 Å². The number of benzene rings is 4. The van der Waals surface area contributed by atoms with E-state index >= 15 is 0 Å². The minimum absolute atomic E-state index is 0.632. The summed E-state index contributed by atoms with van der Waals surface area (Å²) in [4.78, 5) is 0. The second-order valence-electron chi connectivity index (χ2n) is 8.75. The van der Waals surface area contributed by atoms with Gasteiger partial charge in [0.2, 0.25) is 0 Å². The first-order valence-corrected chi connectivity index (χ1v) is 11.0. The SMILES string of the molecule is Cc1ccc(C(O)(c2ccccc2)C(O)(c2ccccc2)c2ccc(C)c(C)c2)cc1C. The predicted molar refractivity (Wildman–Crippen MR) is 131 cm³/mol. The monoisotopic (exact) mass is 422 g/mol. The molecule has 0 heterocycles. The molecule has 2 nitrogen and oxygen atoms in total. The Morgan fingerprint density at radius 3 is 1.06 bits per heavy atom. The smallest absolute Gasteiger partial charge is 0.152 e. The molecule has 0 aliphatic carbocycles. The summed E-state index contributed by atoms with van der Waals surface area (Å²) in [5, 5.41) is 25.4. The number of rotatable bonds is 5. The summed E-state index contributed by atoms with van der Waals surface area (Å²) in [5.74, 6) is 0. The maximum Gasteiger partial charge on any atom is 0.152 e. The van der Waals surface area contributed by atoms with Gasteiger partial charge in [0.15, 0.2) is 11.2 Å². The van der Waals surface area contributed by atoms with Crippen molar-refractivity contribution < 1.29 is 10.2 Å². The quantitative estimate of drug-likeness (QED) is 0.408. The van der Waals surface area contributed by atoms with E-state index < -0.39 is 11.2 Å². The second kappa shape index (κ2) is 8.38. The fraction of sp³-hybridized carbons (Fsp3) is 0.200. The molecule has 0 radical (unpaired) electrons. The molecule has 32 heavy (non-hydrogen) atoms. The summed E-state index contributed by atoms with van der Waals surface area (Å²) in [7, 11) is 0. The van der Waals surface area contributed by atoms with E-state index in [2.05, 4.69) is 0 Å². The summed E-state index contributed by atoms with van der Waals surface area (Å²) >= 11 is 0. The van der Waals surface area contributed by atoms with Crippen molar-refractivity contribution in [2.24, 2.45) is 0 Å². The number of hydrogen-bond acceptors (Lipinski definition) is 2. The van der Waals surface area contributed by atoms with Crippen molar-refractivity contribution in [3.63, 3.8) is 0 Å². The Kier molecular flexibility index (Phi) is 5.77. The molecule has 0 saturated heterocycles. The topological polar surface area (TPSA) is 40.5 Å². The molecule has 0 fully saturated rings. The third-order valence-corrected chi connectivity index (χ3v) is 6.76. The fourth-order valence-corrected chi connectivity index (χ4v) is 4.46. The summed E-state index contributed by atoms with van der Waals surface area (Å²) < 4.78 is 0. The average molecular weight is 423 g/mol. The molecule has 4 rings (SSSR count). The first kappa shape index (κ1) is 22.0. The molecule has 4 aromatic rings. The molecule has 2 heteroatoms. The van der Waals surface area contributed by atoms with Crippen LogP contribution < -0.4 is 0 Å². The first-order chi connectivity index (χ1) is 15.3. The van der Waals surface area contributed by atoms with Crippen molar-refractivity contribution >= 4 is 0 Å². The number of hydrogen-bond donors (Lipinski definition) is 2. The van der Waals surface area contributed by atoms with E-state index in [-0.39, 0.29) is 0 Å². The van der Waals surface area contributed by atoms with Crippen molar-refractivity contribution in [1.29, 1.82) is 0 Å². The normalized spacial score (nSPS) is 15.1. The largest absolute Gasteiger partial charge is 0.377 e. The summed E-state index contributed by atoms with van der Waals surface area (Å²) in [5.41, 5.74) is 3.51. The molecule has 0 bridgehead atoms. The minimum Gasteiger partial charge on any atom is -0.377 e. The van der Waals surface area contributed by atoms with Crippen molar-refractivity contribution in [2.45, 2.75) is 38.9 Å². The molecule has 0 aliphatic rings. The van der Waals surface area contributed by atoms with Crippen molar-refractivity contribution in [1.82, 2.24) is 0 Å². The third kappa shape index (κ3) is 3.46. The van der Waals surface area contributed by atoms with Gasteiger partial charge in [-0.1, -0.05) is 97.1 Å². The van der Waals surface area contributed by atoms with Crippen LogP contribution in [0, 0.1) is 27.7 Å². The van der Waals surface area contributed by atoms with Crippen LogP contribution in [0.15, 0.2) is 97.1 Å². The highest BCUT2D eigenvalue weighted by Crippen LogP contribution is 2.50. The molecular weight excluding hydrogens is 392 g/mol. The van der Waals surface area contributed by atoms with E-state index in [1.807, 2.05) is 125 Å². The van der Waals surface area contributed by atoms with Crippen LogP contribution in [0.2, 0.25) is 0 Å². The number of aliphatic hydroxyl groups is 2. The highest BCUT2D eigenvalue weighted by Gasteiger charge is 2.54. The van der Waals surface area contributed by atoms with Crippen molar-refractivity contribution in [3.8, 4) is 0 Å². The van der Waals surface area contributed by atoms with Gasteiger partial charge in [-0.25, -0.2) is 0 Å².